The highest BCUT2D eigenvalue weighted by molar-refractivity contribution is 5.92. The van der Waals surface area contributed by atoms with Gasteiger partial charge in [0.1, 0.15) is 5.69 Å². The Morgan fingerprint density at radius 3 is 2.13 bits per heavy atom. The third-order valence-electron chi connectivity index (χ3n) is 5.09. The fourth-order valence-corrected chi connectivity index (χ4v) is 3.41. The Kier molecular flexibility index (Phi) is 6.03. The Morgan fingerprint density at radius 1 is 0.839 bits per heavy atom. The van der Waals surface area contributed by atoms with Crippen molar-refractivity contribution in [2.45, 2.75) is 19.5 Å². The molecule has 1 atom stereocenters. The monoisotopic (exact) mass is 409 g/mol. The number of nitrogens with one attached hydrogen (secondary N) is 1. The molecule has 0 saturated carbocycles. The molecule has 0 fully saturated rings. The van der Waals surface area contributed by atoms with Gasteiger partial charge in [-0.25, -0.2) is 4.68 Å². The zero-order chi connectivity index (χ0) is 21.6. The van der Waals surface area contributed by atoms with Gasteiger partial charge < -0.3 is 5.32 Å². The van der Waals surface area contributed by atoms with E-state index in [1.54, 1.807) is 0 Å². The average Bonchev–Trinajstić information content (AvgIpc) is 2.81. The number of aromatic nitrogens is 2. The van der Waals surface area contributed by atoms with Crippen LogP contribution in [0, 0.1) is 6.92 Å². The van der Waals surface area contributed by atoms with Gasteiger partial charge in [0, 0.05) is 6.07 Å². The van der Waals surface area contributed by atoms with Crippen LogP contribution in [0.5, 0.6) is 0 Å². The standard InChI is InChI=1S/C26H23N3O2/c1-19-12-14-22(15-13-19)25(21-10-6-3-7-11-21)27-26(31)23-16-17-24(30)29(28-23)18-20-8-4-2-5-9-20/h2-17,25H,18H2,1H3,(H,27,31). The molecule has 0 aliphatic heterocycles. The van der Waals surface area contributed by atoms with Gasteiger partial charge in [-0.1, -0.05) is 90.5 Å². The molecule has 0 saturated heterocycles. The molecule has 0 spiro atoms. The van der Waals surface area contributed by atoms with Crippen LogP contribution in [0.4, 0.5) is 0 Å². The van der Waals surface area contributed by atoms with Gasteiger partial charge in [-0.15, -0.1) is 0 Å². The fraction of sp³-hybridized carbons (Fsp3) is 0.115. The molecule has 1 unspecified atom stereocenters. The van der Waals surface area contributed by atoms with Crippen molar-refractivity contribution in [1.29, 1.82) is 0 Å². The van der Waals surface area contributed by atoms with E-state index in [2.05, 4.69) is 10.4 Å². The first kappa shape index (κ1) is 20.3. The molecule has 5 nitrogen and oxygen atoms in total. The summed E-state index contributed by atoms with van der Waals surface area (Å²) in [6.07, 6.45) is 0. The van der Waals surface area contributed by atoms with Crippen LogP contribution in [0.15, 0.2) is 102 Å². The van der Waals surface area contributed by atoms with Crippen LogP contribution in [0.3, 0.4) is 0 Å². The Balaban J connectivity index is 1.62. The molecule has 4 aromatic rings. The van der Waals surface area contributed by atoms with E-state index < -0.39 is 0 Å². The lowest BCUT2D eigenvalue weighted by Gasteiger charge is -2.20. The average molecular weight is 409 g/mol. The van der Waals surface area contributed by atoms with Gasteiger partial charge in [0.25, 0.3) is 11.5 Å². The normalized spacial score (nSPS) is 11.6. The maximum Gasteiger partial charge on any atom is 0.272 e. The summed E-state index contributed by atoms with van der Waals surface area (Å²) < 4.78 is 1.31. The molecule has 0 aliphatic carbocycles. The van der Waals surface area contributed by atoms with Gasteiger partial charge in [0.2, 0.25) is 0 Å². The fourth-order valence-electron chi connectivity index (χ4n) is 3.41. The van der Waals surface area contributed by atoms with E-state index in [0.717, 1.165) is 22.3 Å². The van der Waals surface area contributed by atoms with Crippen LogP contribution < -0.4 is 10.9 Å². The number of rotatable bonds is 6. The van der Waals surface area contributed by atoms with Crippen molar-refractivity contribution in [3.8, 4) is 0 Å². The Labute approximate surface area is 181 Å². The second-order valence-electron chi connectivity index (χ2n) is 7.43. The molecule has 1 amide bonds. The molecular formula is C26H23N3O2. The zero-order valence-corrected chi connectivity index (χ0v) is 17.2. The van der Waals surface area contributed by atoms with Crippen molar-refractivity contribution in [1.82, 2.24) is 15.1 Å². The number of hydrogen-bond donors (Lipinski definition) is 1. The number of hydrogen-bond acceptors (Lipinski definition) is 3. The van der Waals surface area contributed by atoms with Gasteiger partial charge in [-0.05, 0) is 29.7 Å². The highest BCUT2D eigenvalue weighted by Gasteiger charge is 2.19. The molecule has 0 aliphatic rings. The van der Waals surface area contributed by atoms with E-state index in [4.69, 9.17) is 0 Å². The summed E-state index contributed by atoms with van der Waals surface area (Å²) >= 11 is 0. The minimum absolute atomic E-state index is 0.198. The zero-order valence-electron chi connectivity index (χ0n) is 17.2. The lowest BCUT2D eigenvalue weighted by Crippen LogP contribution is -2.32. The van der Waals surface area contributed by atoms with Crippen LogP contribution in [0.25, 0.3) is 0 Å². The van der Waals surface area contributed by atoms with Crippen molar-refractivity contribution in [3.05, 3.63) is 135 Å². The number of carbonyl (C=O) groups excluding carboxylic acids is 1. The lowest BCUT2D eigenvalue weighted by molar-refractivity contribution is 0.0935. The molecule has 0 radical (unpaired) electrons. The second kappa shape index (κ2) is 9.22. The third-order valence-corrected chi connectivity index (χ3v) is 5.09. The molecule has 5 heteroatoms. The van der Waals surface area contributed by atoms with E-state index >= 15 is 0 Å². The minimum Gasteiger partial charge on any atom is -0.340 e. The summed E-state index contributed by atoms with van der Waals surface area (Å²) in [7, 11) is 0. The molecule has 1 heterocycles. The summed E-state index contributed by atoms with van der Waals surface area (Å²) in [5.74, 6) is -0.337. The largest absolute Gasteiger partial charge is 0.340 e. The molecule has 0 bridgehead atoms. The summed E-state index contributed by atoms with van der Waals surface area (Å²) in [6.45, 7) is 2.33. The summed E-state index contributed by atoms with van der Waals surface area (Å²) in [4.78, 5) is 25.4. The maximum absolute atomic E-state index is 13.1. The first-order chi connectivity index (χ1) is 15.1. The van der Waals surface area contributed by atoms with E-state index in [0.29, 0.717) is 6.54 Å². The number of benzene rings is 3. The van der Waals surface area contributed by atoms with Gasteiger partial charge in [-0.2, -0.15) is 5.10 Å². The summed E-state index contributed by atoms with van der Waals surface area (Å²) in [5, 5.41) is 7.39. The first-order valence-electron chi connectivity index (χ1n) is 10.1. The van der Waals surface area contributed by atoms with Gasteiger partial charge >= 0.3 is 0 Å². The molecule has 3 aromatic carbocycles. The van der Waals surface area contributed by atoms with Gasteiger partial charge in [-0.3, -0.25) is 9.59 Å². The number of aryl methyl sites for hydroxylation is 1. The molecule has 4 rings (SSSR count). The van der Waals surface area contributed by atoms with Crippen molar-refractivity contribution in [3.63, 3.8) is 0 Å². The van der Waals surface area contributed by atoms with E-state index in [1.165, 1.54) is 16.8 Å². The SMILES string of the molecule is Cc1ccc(C(NC(=O)c2ccc(=O)n(Cc3ccccc3)n2)c2ccccc2)cc1. The molecule has 31 heavy (non-hydrogen) atoms. The van der Waals surface area contributed by atoms with Gasteiger partial charge in [0.05, 0.1) is 12.6 Å². The van der Waals surface area contributed by atoms with E-state index in [1.807, 2.05) is 91.9 Å². The Bertz CT molecular complexity index is 1220. The Morgan fingerprint density at radius 2 is 1.45 bits per heavy atom. The van der Waals surface area contributed by atoms with E-state index in [-0.39, 0.29) is 23.2 Å². The summed E-state index contributed by atoms with van der Waals surface area (Å²) in [5.41, 5.74) is 3.98. The number of amides is 1. The van der Waals surface area contributed by atoms with Crippen LogP contribution in [0.1, 0.15) is 38.8 Å². The van der Waals surface area contributed by atoms with Crippen LogP contribution in [-0.4, -0.2) is 15.7 Å². The third kappa shape index (κ3) is 4.95. The topological polar surface area (TPSA) is 64.0 Å². The highest BCUT2D eigenvalue weighted by atomic mass is 16.2. The lowest BCUT2D eigenvalue weighted by atomic mass is 9.97. The maximum atomic E-state index is 13.1. The molecular weight excluding hydrogens is 386 g/mol. The molecule has 1 N–H and O–H groups in total. The van der Waals surface area contributed by atoms with Crippen molar-refractivity contribution < 1.29 is 4.79 Å². The Hall–Kier alpha value is -3.99. The second-order valence-corrected chi connectivity index (χ2v) is 7.43. The van der Waals surface area contributed by atoms with Crippen LogP contribution >= 0.6 is 0 Å². The number of nitrogens with zero attached hydrogens (tertiary/aromatic N) is 2. The minimum atomic E-state index is -0.337. The summed E-state index contributed by atoms with van der Waals surface area (Å²) in [6, 6.07) is 30.0. The molecule has 154 valence electrons. The van der Waals surface area contributed by atoms with Crippen molar-refractivity contribution >= 4 is 5.91 Å². The smallest absolute Gasteiger partial charge is 0.272 e. The van der Waals surface area contributed by atoms with Crippen molar-refractivity contribution in [2.24, 2.45) is 0 Å². The predicted molar refractivity (Wildman–Crippen MR) is 121 cm³/mol. The predicted octanol–water partition coefficient (Wildman–Crippen LogP) is 4.12. The number of carbonyl (C=O) groups is 1. The highest BCUT2D eigenvalue weighted by Crippen LogP contribution is 2.22. The van der Waals surface area contributed by atoms with E-state index in [9.17, 15) is 9.59 Å². The first-order valence-corrected chi connectivity index (χ1v) is 10.1. The molecule has 1 aromatic heterocycles. The van der Waals surface area contributed by atoms with Gasteiger partial charge in [0.15, 0.2) is 0 Å². The van der Waals surface area contributed by atoms with Crippen LogP contribution in [-0.2, 0) is 6.54 Å². The van der Waals surface area contributed by atoms with Crippen LogP contribution in [0.2, 0.25) is 0 Å². The quantitative estimate of drug-likeness (QED) is 0.521. The van der Waals surface area contributed by atoms with Crippen molar-refractivity contribution in [2.75, 3.05) is 0 Å².